The number of amides is 1. The maximum absolute atomic E-state index is 12.8. The molecule has 1 aliphatic carbocycles. The molecule has 162 valence electrons. The van der Waals surface area contributed by atoms with Gasteiger partial charge in [0, 0.05) is 36.3 Å². The predicted molar refractivity (Wildman–Crippen MR) is 123 cm³/mol. The van der Waals surface area contributed by atoms with Crippen molar-refractivity contribution in [3.63, 3.8) is 0 Å². The molecule has 0 spiro atoms. The van der Waals surface area contributed by atoms with Crippen LogP contribution in [0.1, 0.15) is 72.5 Å². The van der Waals surface area contributed by atoms with E-state index in [1.807, 2.05) is 11.9 Å². The van der Waals surface area contributed by atoms with Gasteiger partial charge in [0.1, 0.15) is 0 Å². The number of carbonyl (C=O) groups excluding carboxylic acids is 1. The number of aliphatic hydroxyl groups is 1. The fourth-order valence-corrected chi connectivity index (χ4v) is 4.46. The fourth-order valence-electron chi connectivity index (χ4n) is 4.33. The first kappa shape index (κ1) is 22.8. The van der Waals surface area contributed by atoms with Crippen molar-refractivity contribution in [3.8, 4) is 0 Å². The maximum atomic E-state index is 12.8. The molecule has 3 rings (SSSR count). The van der Waals surface area contributed by atoms with Crippen LogP contribution in [0.25, 0.3) is 0 Å². The van der Waals surface area contributed by atoms with Crippen LogP contribution in [0.5, 0.6) is 0 Å². The number of carbonyl (C=O) groups is 1. The third kappa shape index (κ3) is 5.84. The Kier molecular flexibility index (Phi) is 8.32. The van der Waals surface area contributed by atoms with E-state index in [9.17, 15) is 4.79 Å². The summed E-state index contributed by atoms with van der Waals surface area (Å²) < 4.78 is 0. The van der Waals surface area contributed by atoms with Gasteiger partial charge in [0.2, 0.25) is 0 Å². The minimum Gasteiger partial charge on any atom is -0.396 e. The van der Waals surface area contributed by atoms with Crippen molar-refractivity contribution in [1.29, 1.82) is 0 Å². The average molecular weight is 429 g/mol. The molecule has 1 unspecified atom stereocenters. The van der Waals surface area contributed by atoms with Crippen molar-refractivity contribution in [2.45, 2.75) is 57.0 Å². The van der Waals surface area contributed by atoms with E-state index in [4.69, 9.17) is 16.7 Å². The molecule has 0 bridgehead atoms. The van der Waals surface area contributed by atoms with Crippen molar-refractivity contribution in [1.82, 2.24) is 10.2 Å². The Morgan fingerprint density at radius 1 is 1.10 bits per heavy atom. The zero-order valence-electron chi connectivity index (χ0n) is 18.0. The van der Waals surface area contributed by atoms with Gasteiger partial charge >= 0.3 is 0 Å². The summed E-state index contributed by atoms with van der Waals surface area (Å²) >= 11 is 5.94. The molecular formula is C25H33ClN2O2. The molecule has 2 N–H and O–H groups in total. The van der Waals surface area contributed by atoms with E-state index >= 15 is 0 Å². The van der Waals surface area contributed by atoms with Gasteiger partial charge in [-0.05, 0) is 86.9 Å². The number of benzene rings is 2. The molecule has 30 heavy (non-hydrogen) atoms. The molecule has 0 radical (unpaired) electrons. The van der Waals surface area contributed by atoms with Crippen molar-refractivity contribution in [3.05, 3.63) is 70.2 Å². The van der Waals surface area contributed by atoms with Crippen molar-refractivity contribution in [2.24, 2.45) is 0 Å². The Morgan fingerprint density at radius 3 is 2.33 bits per heavy atom. The Balaban J connectivity index is 1.52. The fraction of sp³-hybridized carbons (Fsp3) is 0.480. The van der Waals surface area contributed by atoms with Crippen LogP contribution < -0.4 is 5.32 Å². The van der Waals surface area contributed by atoms with Crippen LogP contribution in [0, 0.1) is 0 Å². The number of hydrogen-bond acceptors (Lipinski definition) is 3. The second-order valence-corrected chi connectivity index (χ2v) is 8.78. The zero-order chi connectivity index (χ0) is 21.5. The van der Waals surface area contributed by atoms with E-state index in [2.05, 4.69) is 36.5 Å². The van der Waals surface area contributed by atoms with E-state index in [0.29, 0.717) is 22.5 Å². The second-order valence-electron chi connectivity index (χ2n) is 8.35. The molecule has 0 aliphatic heterocycles. The number of halogens is 1. The summed E-state index contributed by atoms with van der Waals surface area (Å²) in [7, 11) is 1.92. The van der Waals surface area contributed by atoms with Crippen LogP contribution in [0.3, 0.4) is 0 Å². The van der Waals surface area contributed by atoms with Gasteiger partial charge in [0.15, 0.2) is 0 Å². The number of rotatable bonds is 8. The first-order chi connectivity index (χ1) is 14.5. The summed E-state index contributed by atoms with van der Waals surface area (Å²) in [5, 5.41) is 13.0. The lowest BCUT2D eigenvalue weighted by Crippen LogP contribution is -2.39. The molecule has 0 saturated heterocycles. The second kappa shape index (κ2) is 10.9. The highest BCUT2D eigenvalue weighted by atomic mass is 35.5. The number of nitrogens with one attached hydrogen (secondary N) is 1. The van der Waals surface area contributed by atoms with E-state index in [0.717, 1.165) is 38.6 Å². The van der Waals surface area contributed by atoms with Crippen molar-refractivity contribution >= 4 is 17.5 Å². The maximum Gasteiger partial charge on any atom is 0.253 e. The predicted octanol–water partition coefficient (Wildman–Crippen LogP) is 5.17. The molecule has 1 fully saturated rings. The molecule has 1 aliphatic rings. The van der Waals surface area contributed by atoms with Crippen LogP contribution in [0.4, 0.5) is 0 Å². The lowest BCUT2D eigenvalue weighted by atomic mass is 9.81. The van der Waals surface area contributed by atoms with Gasteiger partial charge in [0.25, 0.3) is 5.91 Å². The number of aliphatic hydroxyl groups excluding tert-OH is 1. The van der Waals surface area contributed by atoms with Gasteiger partial charge in [-0.25, -0.2) is 0 Å². The number of nitrogens with zero attached hydrogens (tertiary/aromatic N) is 1. The van der Waals surface area contributed by atoms with Gasteiger partial charge in [0.05, 0.1) is 0 Å². The van der Waals surface area contributed by atoms with Gasteiger partial charge < -0.3 is 15.3 Å². The molecule has 4 nitrogen and oxygen atoms in total. The van der Waals surface area contributed by atoms with E-state index in [1.165, 1.54) is 11.1 Å². The minimum atomic E-state index is 0.0714. The number of hydrogen-bond donors (Lipinski definition) is 2. The third-order valence-corrected chi connectivity index (χ3v) is 6.60. The summed E-state index contributed by atoms with van der Waals surface area (Å²) in [6.45, 7) is 3.21. The SMILES string of the molecule is CC(NCCCO)c1ccc(C2CCC(N(C)C(=O)c3ccc(Cl)cc3)CC2)cc1. The van der Waals surface area contributed by atoms with Crippen LogP contribution in [-0.4, -0.2) is 42.2 Å². The van der Waals surface area contributed by atoms with Crippen LogP contribution in [0.15, 0.2) is 48.5 Å². The topological polar surface area (TPSA) is 52.6 Å². The van der Waals surface area contributed by atoms with E-state index in [-0.39, 0.29) is 18.6 Å². The molecule has 0 aromatic heterocycles. The first-order valence-corrected chi connectivity index (χ1v) is 11.3. The monoisotopic (exact) mass is 428 g/mol. The quantitative estimate of drug-likeness (QED) is 0.570. The molecule has 1 saturated carbocycles. The first-order valence-electron chi connectivity index (χ1n) is 11.0. The van der Waals surface area contributed by atoms with Crippen LogP contribution >= 0.6 is 11.6 Å². The summed E-state index contributed by atoms with van der Waals surface area (Å²) in [6.07, 6.45) is 5.04. The Labute approximate surface area is 185 Å². The Bertz CT molecular complexity index is 799. The summed E-state index contributed by atoms with van der Waals surface area (Å²) in [5.74, 6) is 0.633. The minimum absolute atomic E-state index is 0.0714. The van der Waals surface area contributed by atoms with Crippen LogP contribution in [-0.2, 0) is 0 Å². The lowest BCUT2D eigenvalue weighted by Gasteiger charge is -2.35. The highest BCUT2D eigenvalue weighted by molar-refractivity contribution is 6.30. The molecular weight excluding hydrogens is 396 g/mol. The average Bonchev–Trinajstić information content (AvgIpc) is 2.79. The normalized spacial score (nSPS) is 20.0. The summed E-state index contributed by atoms with van der Waals surface area (Å²) in [6, 6.07) is 16.7. The van der Waals surface area contributed by atoms with Gasteiger partial charge in [-0.2, -0.15) is 0 Å². The Morgan fingerprint density at radius 2 is 1.73 bits per heavy atom. The van der Waals surface area contributed by atoms with Crippen molar-refractivity contribution < 1.29 is 9.90 Å². The smallest absolute Gasteiger partial charge is 0.253 e. The Hall–Kier alpha value is -1.88. The molecule has 2 aromatic carbocycles. The van der Waals surface area contributed by atoms with Gasteiger partial charge in [-0.3, -0.25) is 4.79 Å². The molecule has 1 amide bonds. The molecule has 1 atom stereocenters. The largest absolute Gasteiger partial charge is 0.396 e. The van der Waals surface area contributed by atoms with E-state index in [1.54, 1.807) is 24.3 Å². The van der Waals surface area contributed by atoms with Gasteiger partial charge in [-0.1, -0.05) is 35.9 Å². The van der Waals surface area contributed by atoms with Crippen LogP contribution in [0.2, 0.25) is 5.02 Å². The van der Waals surface area contributed by atoms with Gasteiger partial charge in [-0.15, -0.1) is 0 Å². The molecule has 2 aromatic rings. The molecule has 5 heteroatoms. The third-order valence-electron chi connectivity index (χ3n) is 6.35. The highest BCUT2D eigenvalue weighted by Gasteiger charge is 2.27. The summed E-state index contributed by atoms with van der Waals surface area (Å²) in [5.41, 5.74) is 3.37. The molecule has 0 heterocycles. The van der Waals surface area contributed by atoms with E-state index < -0.39 is 0 Å². The highest BCUT2D eigenvalue weighted by Crippen LogP contribution is 2.35. The zero-order valence-corrected chi connectivity index (χ0v) is 18.7. The summed E-state index contributed by atoms with van der Waals surface area (Å²) in [4.78, 5) is 14.7. The lowest BCUT2D eigenvalue weighted by molar-refractivity contribution is 0.0689. The standard InChI is InChI=1S/C25H33ClN2O2/c1-18(27-16-3-17-29)19-4-6-20(7-5-19)21-10-14-24(15-11-21)28(2)25(30)22-8-12-23(26)13-9-22/h4-9,12-13,18,21,24,27,29H,3,10-11,14-17H2,1-2H3. The van der Waals surface area contributed by atoms with Crippen molar-refractivity contribution in [2.75, 3.05) is 20.2 Å².